The van der Waals surface area contributed by atoms with Gasteiger partial charge in [-0.15, -0.1) is 0 Å². The molecule has 0 spiro atoms. The van der Waals surface area contributed by atoms with Crippen LogP contribution >= 0.6 is 0 Å². The molecule has 1 aliphatic carbocycles. The molecule has 6 nitrogen and oxygen atoms in total. The van der Waals surface area contributed by atoms with Gasteiger partial charge in [0.1, 0.15) is 5.82 Å². The van der Waals surface area contributed by atoms with Crippen molar-refractivity contribution in [3.8, 4) is 0 Å². The van der Waals surface area contributed by atoms with Crippen LogP contribution in [0, 0.1) is 5.92 Å². The smallest absolute Gasteiger partial charge is 0.258 e. The fourth-order valence-corrected chi connectivity index (χ4v) is 3.69. The number of fused-ring (bicyclic) bond motifs is 1. The van der Waals surface area contributed by atoms with Crippen LogP contribution in [0.3, 0.4) is 0 Å². The molecular formula is C20H28N4O2. The molecule has 1 aliphatic rings. The number of likely N-dealkylation sites (N-methyl/N-ethyl adjacent to an activating group) is 1. The number of aromatic amines is 1. The summed E-state index contributed by atoms with van der Waals surface area (Å²) in [6, 6.07) is 7.58. The SMILES string of the molecule is CCN(CC(=O)NC1CCCCC1C)Cc1nc2ccccc2c(=O)[nH]1. The molecule has 3 rings (SSSR count). The van der Waals surface area contributed by atoms with E-state index < -0.39 is 0 Å². The molecule has 0 saturated heterocycles. The second kappa shape index (κ2) is 8.45. The van der Waals surface area contributed by atoms with Crippen molar-refractivity contribution in [1.82, 2.24) is 20.2 Å². The maximum absolute atomic E-state index is 12.5. The van der Waals surface area contributed by atoms with Crippen molar-refractivity contribution in [2.45, 2.75) is 52.1 Å². The van der Waals surface area contributed by atoms with Crippen LogP contribution < -0.4 is 10.9 Å². The molecule has 2 aromatic rings. The summed E-state index contributed by atoms with van der Waals surface area (Å²) in [6.07, 6.45) is 4.70. The Bertz CT molecular complexity index is 817. The van der Waals surface area contributed by atoms with E-state index >= 15 is 0 Å². The molecule has 1 amide bonds. The molecular weight excluding hydrogens is 328 g/mol. The van der Waals surface area contributed by atoms with E-state index in [-0.39, 0.29) is 17.5 Å². The lowest BCUT2D eigenvalue weighted by Gasteiger charge is -2.30. The second-order valence-corrected chi connectivity index (χ2v) is 7.27. The minimum atomic E-state index is -0.137. The van der Waals surface area contributed by atoms with Gasteiger partial charge in [-0.05, 0) is 37.4 Å². The van der Waals surface area contributed by atoms with Crippen LogP contribution in [0.2, 0.25) is 0 Å². The largest absolute Gasteiger partial charge is 0.352 e. The maximum Gasteiger partial charge on any atom is 0.258 e. The third kappa shape index (κ3) is 4.49. The summed E-state index contributed by atoms with van der Waals surface area (Å²) in [4.78, 5) is 34.0. The summed E-state index contributed by atoms with van der Waals surface area (Å²) in [5, 5.41) is 3.77. The molecule has 2 atom stereocenters. The molecule has 1 aromatic carbocycles. The number of carbonyl (C=O) groups excluding carboxylic acids is 1. The Kier molecular flexibility index (Phi) is 6.04. The Labute approximate surface area is 154 Å². The van der Waals surface area contributed by atoms with Crippen molar-refractivity contribution < 1.29 is 4.79 Å². The second-order valence-electron chi connectivity index (χ2n) is 7.27. The molecule has 0 bridgehead atoms. The number of H-pyrrole nitrogens is 1. The zero-order valence-electron chi connectivity index (χ0n) is 15.6. The van der Waals surface area contributed by atoms with Gasteiger partial charge in [0.2, 0.25) is 5.91 Å². The normalized spacial score (nSPS) is 20.4. The van der Waals surface area contributed by atoms with Crippen molar-refractivity contribution in [2.24, 2.45) is 5.92 Å². The van der Waals surface area contributed by atoms with Crippen molar-refractivity contribution >= 4 is 16.8 Å². The third-order valence-corrected chi connectivity index (χ3v) is 5.31. The van der Waals surface area contributed by atoms with E-state index in [1.807, 2.05) is 30.0 Å². The van der Waals surface area contributed by atoms with Gasteiger partial charge in [-0.25, -0.2) is 4.98 Å². The van der Waals surface area contributed by atoms with Crippen LogP contribution in [0.5, 0.6) is 0 Å². The van der Waals surface area contributed by atoms with Crippen molar-refractivity contribution in [1.29, 1.82) is 0 Å². The quantitative estimate of drug-likeness (QED) is 0.833. The number of hydrogen-bond donors (Lipinski definition) is 2. The standard InChI is InChI=1S/C20H28N4O2/c1-3-24(13-19(25)22-16-10-6-4-8-14(16)2)12-18-21-17-11-7-5-9-15(17)20(26)23-18/h5,7,9,11,14,16H,3-4,6,8,10,12-13H2,1-2H3,(H,22,25)(H,21,23,26). The fourth-order valence-electron chi connectivity index (χ4n) is 3.69. The summed E-state index contributed by atoms with van der Waals surface area (Å²) in [7, 11) is 0. The molecule has 1 saturated carbocycles. The number of nitrogens with zero attached hydrogens (tertiary/aromatic N) is 2. The van der Waals surface area contributed by atoms with Crippen molar-refractivity contribution in [2.75, 3.05) is 13.1 Å². The molecule has 0 aliphatic heterocycles. The first-order valence-corrected chi connectivity index (χ1v) is 9.56. The summed E-state index contributed by atoms with van der Waals surface area (Å²) in [5.41, 5.74) is 0.546. The first-order valence-electron chi connectivity index (χ1n) is 9.56. The van der Waals surface area contributed by atoms with Gasteiger partial charge in [-0.2, -0.15) is 0 Å². The van der Waals surface area contributed by atoms with Gasteiger partial charge in [0.15, 0.2) is 0 Å². The van der Waals surface area contributed by atoms with Crippen molar-refractivity contribution in [3.05, 3.63) is 40.4 Å². The fraction of sp³-hybridized carbons (Fsp3) is 0.550. The predicted molar refractivity (Wildman–Crippen MR) is 103 cm³/mol. The number of hydrogen-bond acceptors (Lipinski definition) is 4. The van der Waals surface area contributed by atoms with Crippen molar-refractivity contribution in [3.63, 3.8) is 0 Å². The molecule has 26 heavy (non-hydrogen) atoms. The highest BCUT2D eigenvalue weighted by Gasteiger charge is 2.23. The molecule has 2 unspecified atom stereocenters. The van der Waals surface area contributed by atoms with Gasteiger partial charge < -0.3 is 10.3 Å². The highest BCUT2D eigenvalue weighted by molar-refractivity contribution is 5.78. The lowest BCUT2D eigenvalue weighted by molar-refractivity contribution is -0.123. The van der Waals surface area contributed by atoms with E-state index in [1.165, 1.54) is 19.3 Å². The maximum atomic E-state index is 12.5. The highest BCUT2D eigenvalue weighted by Crippen LogP contribution is 2.23. The third-order valence-electron chi connectivity index (χ3n) is 5.31. The predicted octanol–water partition coefficient (Wildman–Crippen LogP) is 2.44. The van der Waals surface area contributed by atoms with Gasteiger partial charge >= 0.3 is 0 Å². The molecule has 1 aromatic heterocycles. The summed E-state index contributed by atoms with van der Waals surface area (Å²) >= 11 is 0. The molecule has 1 heterocycles. The number of nitrogens with one attached hydrogen (secondary N) is 2. The Morgan fingerprint density at radius 3 is 2.85 bits per heavy atom. The number of benzene rings is 1. The van der Waals surface area contributed by atoms with Gasteiger partial charge in [0.25, 0.3) is 5.56 Å². The van der Waals surface area contributed by atoms with E-state index in [0.717, 1.165) is 6.42 Å². The molecule has 140 valence electrons. The van der Waals surface area contributed by atoms with Crippen LogP contribution in [0.4, 0.5) is 0 Å². The summed E-state index contributed by atoms with van der Waals surface area (Å²) < 4.78 is 0. The average Bonchev–Trinajstić information content (AvgIpc) is 2.63. The Morgan fingerprint density at radius 2 is 2.08 bits per heavy atom. The number of rotatable bonds is 6. The Hall–Kier alpha value is -2.21. The van der Waals surface area contributed by atoms with E-state index in [9.17, 15) is 9.59 Å². The van der Waals surface area contributed by atoms with Crippen LogP contribution in [-0.2, 0) is 11.3 Å². The van der Waals surface area contributed by atoms with Crippen LogP contribution in [-0.4, -0.2) is 39.9 Å². The first-order chi connectivity index (χ1) is 12.6. The monoisotopic (exact) mass is 356 g/mol. The number of para-hydroxylation sites is 1. The number of carbonyl (C=O) groups is 1. The number of aromatic nitrogens is 2. The lowest BCUT2D eigenvalue weighted by atomic mass is 9.86. The minimum absolute atomic E-state index is 0.0498. The highest BCUT2D eigenvalue weighted by atomic mass is 16.2. The van der Waals surface area contributed by atoms with Gasteiger partial charge in [0, 0.05) is 6.04 Å². The zero-order chi connectivity index (χ0) is 18.5. The Balaban J connectivity index is 1.64. The lowest BCUT2D eigenvalue weighted by Crippen LogP contribution is -2.45. The van der Waals surface area contributed by atoms with Crippen LogP contribution in [0.15, 0.2) is 29.1 Å². The minimum Gasteiger partial charge on any atom is -0.352 e. The van der Waals surface area contributed by atoms with E-state index in [2.05, 4.69) is 22.2 Å². The Morgan fingerprint density at radius 1 is 1.31 bits per heavy atom. The van der Waals surface area contributed by atoms with Gasteiger partial charge in [0.05, 0.1) is 24.0 Å². The molecule has 6 heteroatoms. The topological polar surface area (TPSA) is 78.1 Å². The van der Waals surface area contributed by atoms with Crippen LogP contribution in [0.1, 0.15) is 45.4 Å². The zero-order valence-corrected chi connectivity index (χ0v) is 15.6. The molecule has 0 radical (unpaired) electrons. The van der Waals surface area contributed by atoms with E-state index in [1.54, 1.807) is 6.07 Å². The number of amides is 1. The first kappa shape index (κ1) is 18.6. The molecule has 1 fully saturated rings. The van der Waals surface area contributed by atoms with Crippen LogP contribution in [0.25, 0.3) is 10.9 Å². The average molecular weight is 356 g/mol. The van der Waals surface area contributed by atoms with Gasteiger partial charge in [-0.3, -0.25) is 14.5 Å². The summed E-state index contributed by atoms with van der Waals surface area (Å²) in [6.45, 7) is 5.70. The van der Waals surface area contributed by atoms with E-state index in [0.29, 0.717) is 42.3 Å². The van der Waals surface area contributed by atoms with E-state index in [4.69, 9.17) is 0 Å². The van der Waals surface area contributed by atoms with Gasteiger partial charge in [-0.1, -0.05) is 38.8 Å². The molecule has 2 N–H and O–H groups in total. The summed E-state index contributed by atoms with van der Waals surface area (Å²) in [5.74, 6) is 1.18.